The lowest BCUT2D eigenvalue weighted by molar-refractivity contribution is 0.121. The van der Waals surface area contributed by atoms with Crippen molar-refractivity contribution >= 4 is 19.9 Å². The summed E-state index contributed by atoms with van der Waals surface area (Å²) in [6, 6.07) is 1.85. The molecule has 3 heterocycles. The highest BCUT2D eigenvalue weighted by atomic mass is 32.2. The van der Waals surface area contributed by atoms with Crippen LogP contribution in [0.15, 0.2) is 18.5 Å². The maximum Gasteiger partial charge on any atom is 0.316 e. The van der Waals surface area contributed by atoms with Crippen molar-refractivity contribution in [1.29, 1.82) is 0 Å². The van der Waals surface area contributed by atoms with Crippen LogP contribution in [0.5, 0.6) is 6.01 Å². The van der Waals surface area contributed by atoms with Gasteiger partial charge in [0.15, 0.2) is 9.84 Å². The Morgan fingerprint density at radius 1 is 1.36 bits per heavy atom. The minimum Gasteiger partial charge on any atom is -0.463 e. The van der Waals surface area contributed by atoms with Crippen molar-refractivity contribution in [2.75, 3.05) is 31.7 Å². The molecule has 0 bridgehead atoms. The molecule has 10 heteroatoms. The standard InChI is InChI=1S/C12H17N3O5S2/c1-21(16,17)15-8-12(9-15)10(3-6-22(12,18)19)7-20-11-13-4-2-5-14-11/h2,4-5,10H,3,6-9H2,1H3/t10-/m0/s1. The molecule has 1 aromatic rings. The second-order valence-electron chi connectivity index (χ2n) is 5.74. The minimum absolute atomic E-state index is 0.0117. The van der Waals surface area contributed by atoms with E-state index in [0.29, 0.717) is 6.42 Å². The summed E-state index contributed by atoms with van der Waals surface area (Å²) in [6.07, 6.45) is 4.63. The Morgan fingerprint density at radius 2 is 2.00 bits per heavy atom. The lowest BCUT2D eigenvalue weighted by atomic mass is 9.85. The molecule has 0 unspecified atom stereocenters. The number of sulfonamides is 1. The molecular weight excluding hydrogens is 330 g/mol. The van der Waals surface area contributed by atoms with Gasteiger partial charge in [0.25, 0.3) is 0 Å². The molecule has 2 fully saturated rings. The molecule has 22 heavy (non-hydrogen) atoms. The van der Waals surface area contributed by atoms with Crippen LogP contribution in [0.2, 0.25) is 0 Å². The zero-order valence-corrected chi connectivity index (χ0v) is 13.7. The highest BCUT2D eigenvalue weighted by Crippen LogP contribution is 2.45. The van der Waals surface area contributed by atoms with Gasteiger partial charge in [-0.05, 0) is 12.5 Å². The monoisotopic (exact) mass is 347 g/mol. The van der Waals surface area contributed by atoms with Gasteiger partial charge in [-0.15, -0.1) is 0 Å². The fraction of sp³-hybridized carbons (Fsp3) is 0.667. The van der Waals surface area contributed by atoms with Gasteiger partial charge in [-0.1, -0.05) is 0 Å². The number of hydrogen-bond donors (Lipinski definition) is 0. The summed E-state index contributed by atoms with van der Waals surface area (Å²) in [5.74, 6) is -0.187. The van der Waals surface area contributed by atoms with Crippen molar-refractivity contribution in [3.05, 3.63) is 18.5 Å². The molecule has 1 atom stereocenters. The van der Waals surface area contributed by atoms with E-state index in [2.05, 4.69) is 9.97 Å². The predicted octanol–water partition coefficient (Wildman–Crippen LogP) is -0.696. The fourth-order valence-electron chi connectivity index (χ4n) is 3.03. The predicted molar refractivity (Wildman–Crippen MR) is 78.6 cm³/mol. The molecule has 1 spiro atoms. The van der Waals surface area contributed by atoms with E-state index in [1.54, 1.807) is 6.07 Å². The zero-order valence-electron chi connectivity index (χ0n) is 12.0. The van der Waals surface area contributed by atoms with Gasteiger partial charge in [0.05, 0.1) is 18.6 Å². The van der Waals surface area contributed by atoms with Gasteiger partial charge in [0.2, 0.25) is 10.0 Å². The maximum absolute atomic E-state index is 12.4. The van der Waals surface area contributed by atoms with E-state index in [0.717, 1.165) is 6.26 Å². The summed E-state index contributed by atoms with van der Waals surface area (Å²) in [4.78, 5) is 7.87. The lowest BCUT2D eigenvalue weighted by Crippen LogP contribution is -2.68. The van der Waals surface area contributed by atoms with Crippen LogP contribution in [0.25, 0.3) is 0 Å². The molecule has 1 aromatic heterocycles. The van der Waals surface area contributed by atoms with E-state index >= 15 is 0 Å². The average molecular weight is 347 g/mol. The smallest absolute Gasteiger partial charge is 0.316 e. The van der Waals surface area contributed by atoms with Gasteiger partial charge < -0.3 is 4.74 Å². The Labute approximate surface area is 129 Å². The number of nitrogens with zero attached hydrogens (tertiary/aromatic N) is 3. The first-order valence-electron chi connectivity index (χ1n) is 6.82. The van der Waals surface area contributed by atoms with E-state index in [1.165, 1.54) is 16.7 Å². The van der Waals surface area contributed by atoms with Crippen molar-refractivity contribution in [1.82, 2.24) is 14.3 Å². The van der Waals surface area contributed by atoms with Crippen LogP contribution < -0.4 is 4.74 Å². The molecule has 0 amide bonds. The number of hydrogen-bond acceptors (Lipinski definition) is 7. The summed E-state index contributed by atoms with van der Waals surface area (Å²) in [5, 5.41) is 0. The van der Waals surface area contributed by atoms with E-state index in [-0.39, 0.29) is 37.4 Å². The highest BCUT2D eigenvalue weighted by Gasteiger charge is 2.63. The van der Waals surface area contributed by atoms with E-state index in [4.69, 9.17) is 4.74 Å². The summed E-state index contributed by atoms with van der Waals surface area (Å²) in [5.41, 5.74) is 0. The average Bonchev–Trinajstić information content (AvgIpc) is 2.66. The molecule has 0 radical (unpaired) electrons. The Bertz CT molecular complexity index is 757. The van der Waals surface area contributed by atoms with Crippen LogP contribution in [-0.4, -0.2) is 67.6 Å². The molecule has 0 saturated carbocycles. The summed E-state index contributed by atoms with van der Waals surface area (Å²) in [7, 11) is -6.69. The summed E-state index contributed by atoms with van der Waals surface area (Å²) < 4.78 is 53.4. The largest absolute Gasteiger partial charge is 0.463 e. The Hall–Kier alpha value is -1.26. The molecule has 122 valence electrons. The molecule has 2 aliphatic heterocycles. The van der Waals surface area contributed by atoms with Crippen LogP contribution in [-0.2, 0) is 19.9 Å². The van der Waals surface area contributed by atoms with Crippen LogP contribution in [0.3, 0.4) is 0 Å². The molecule has 8 nitrogen and oxygen atoms in total. The molecule has 3 rings (SSSR count). The first kappa shape index (κ1) is 15.6. The third kappa shape index (κ3) is 2.48. The molecule has 2 aliphatic rings. The Morgan fingerprint density at radius 3 is 2.59 bits per heavy atom. The zero-order chi connectivity index (χ0) is 16.0. The molecule has 0 N–H and O–H groups in total. The second kappa shape index (κ2) is 5.14. The molecule has 2 saturated heterocycles. The third-order valence-electron chi connectivity index (χ3n) is 4.41. The van der Waals surface area contributed by atoms with Gasteiger partial charge >= 0.3 is 6.01 Å². The number of ether oxygens (including phenoxy) is 1. The van der Waals surface area contributed by atoms with Gasteiger partial charge in [-0.2, -0.15) is 4.31 Å². The first-order chi connectivity index (χ1) is 10.2. The second-order valence-corrected chi connectivity index (χ2v) is 10.2. The van der Waals surface area contributed by atoms with Gasteiger partial charge in [-0.25, -0.2) is 26.8 Å². The van der Waals surface area contributed by atoms with Crippen molar-refractivity contribution in [2.45, 2.75) is 11.2 Å². The van der Waals surface area contributed by atoms with E-state index in [9.17, 15) is 16.8 Å². The minimum atomic E-state index is -3.37. The van der Waals surface area contributed by atoms with Crippen LogP contribution >= 0.6 is 0 Å². The van der Waals surface area contributed by atoms with Crippen LogP contribution in [0, 0.1) is 5.92 Å². The normalized spacial score (nSPS) is 26.7. The topological polar surface area (TPSA) is 107 Å². The molecular formula is C12H17N3O5S2. The molecule has 0 aliphatic carbocycles. The van der Waals surface area contributed by atoms with E-state index < -0.39 is 24.6 Å². The van der Waals surface area contributed by atoms with Crippen molar-refractivity contribution in [3.63, 3.8) is 0 Å². The fourth-order valence-corrected chi connectivity index (χ4v) is 6.52. The van der Waals surface area contributed by atoms with E-state index in [1.807, 2.05) is 0 Å². The van der Waals surface area contributed by atoms with Gasteiger partial charge in [-0.3, -0.25) is 0 Å². The van der Waals surface area contributed by atoms with Crippen LogP contribution in [0.4, 0.5) is 0 Å². The SMILES string of the molecule is CS(=O)(=O)N1CC2(C1)[C@H](COc1ncccn1)CCS2(=O)=O. The summed E-state index contributed by atoms with van der Waals surface area (Å²) >= 11 is 0. The Kier molecular flexibility index (Phi) is 3.65. The van der Waals surface area contributed by atoms with Crippen molar-refractivity contribution in [3.8, 4) is 6.01 Å². The molecule has 0 aromatic carbocycles. The quantitative estimate of drug-likeness (QED) is 0.709. The first-order valence-corrected chi connectivity index (χ1v) is 10.3. The number of sulfone groups is 1. The third-order valence-corrected chi connectivity index (χ3v) is 8.21. The Balaban J connectivity index is 1.75. The number of aromatic nitrogens is 2. The number of rotatable bonds is 4. The van der Waals surface area contributed by atoms with Gasteiger partial charge in [0.1, 0.15) is 4.75 Å². The van der Waals surface area contributed by atoms with Crippen molar-refractivity contribution in [2.24, 2.45) is 5.92 Å². The highest BCUT2D eigenvalue weighted by molar-refractivity contribution is 7.93. The maximum atomic E-state index is 12.4. The summed E-state index contributed by atoms with van der Waals surface area (Å²) in [6.45, 7) is 0.191. The lowest BCUT2D eigenvalue weighted by Gasteiger charge is -2.48. The van der Waals surface area contributed by atoms with Gasteiger partial charge in [0, 0.05) is 31.4 Å². The van der Waals surface area contributed by atoms with Crippen molar-refractivity contribution < 1.29 is 21.6 Å². The van der Waals surface area contributed by atoms with Crippen LogP contribution in [0.1, 0.15) is 6.42 Å².